The third-order valence-corrected chi connectivity index (χ3v) is 3.99. The summed E-state index contributed by atoms with van der Waals surface area (Å²) in [6.07, 6.45) is 0.940. The van der Waals surface area contributed by atoms with Crippen LogP contribution in [0.2, 0.25) is 0 Å². The van der Waals surface area contributed by atoms with Crippen LogP contribution in [0.15, 0.2) is 54.6 Å². The van der Waals surface area contributed by atoms with Gasteiger partial charge in [0.25, 0.3) is 0 Å². The number of carbonyl (C=O) groups is 2. The number of amides is 2. The van der Waals surface area contributed by atoms with E-state index >= 15 is 0 Å². The second-order valence-corrected chi connectivity index (χ2v) is 5.83. The van der Waals surface area contributed by atoms with E-state index in [9.17, 15) is 9.59 Å². The first-order valence-corrected chi connectivity index (χ1v) is 8.05. The van der Waals surface area contributed by atoms with E-state index in [0.29, 0.717) is 19.6 Å². The zero-order valence-electron chi connectivity index (χ0n) is 13.3. The quantitative estimate of drug-likeness (QED) is 0.888. The van der Waals surface area contributed by atoms with Crippen LogP contribution >= 0.6 is 0 Å². The summed E-state index contributed by atoms with van der Waals surface area (Å²) in [5, 5.41) is 5.61. The molecule has 24 heavy (non-hydrogen) atoms. The van der Waals surface area contributed by atoms with Gasteiger partial charge in [0.2, 0.25) is 11.8 Å². The van der Waals surface area contributed by atoms with Crippen LogP contribution in [0.1, 0.15) is 18.4 Å². The van der Waals surface area contributed by atoms with Gasteiger partial charge < -0.3 is 15.4 Å². The van der Waals surface area contributed by atoms with Gasteiger partial charge in [-0.05, 0) is 36.2 Å². The monoisotopic (exact) mass is 324 g/mol. The summed E-state index contributed by atoms with van der Waals surface area (Å²) >= 11 is 0. The van der Waals surface area contributed by atoms with Crippen LogP contribution in [-0.4, -0.2) is 18.4 Å². The molecule has 0 radical (unpaired) electrons. The number of nitrogens with one attached hydrogen (secondary N) is 2. The Balaban J connectivity index is 1.52. The Morgan fingerprint density at radius 2 is 1.88 bits per heavy atom. The van der Waals surface area contributed by atoms with E-state index in [-0.39, 0.29) is 24.2 Å². The SMILES string of the molecule is O=C1CC(C(=O)Nc2ccc(COc3ccccc3)cc2)CCN1. The molecule has 0 saturated carbocycles. The molecule has 1 fully saturated rings. The highest BCUT2D eigenvalue weighted by Gasteiger charge is 2.25. The average molecular weight is 324 g/mol. The normalized spacial score (nSPS) is 17.0. The molecule has 5 nitrogen and oxygen atoms in total. The fourth-order valence-corrected chi connectivity index (χ4v) is 2.62. The minimum absolute atomic E-state index is 0.0604. The van der Waals surface area contributed by atoms with Crippen LogP contribution in [0.5, 0.6) is 5.75 Å². The minimum Gasteiger partial charge on any atom is -0.489 e. The van der Waals surface area contributed by atoms with Gasteiger partial charge in [0.05, 0.1) is 0 Å². The highest BCUT2D eigenvalue weighted by atomic mass is 16.5. The van der Waals surface area contributed by atoms with Crippen molar-refractivity contribution in [2.24, 2.45) is 5.92 Å². The van der Waals surface area contributed by atoms with E-state index in [2.05, 4.69) is 10.6 Å². The van der Waals surface area contributed by atoms with Gasteiger partial charge in [-0.15, -0.1) is 0 Å². The van der Waals surface area contributed by atoms with Gasteiger partial charge >= 0.3 is 0 Å². The highest BCUT2D eigenvalue weighted by Crippen LogP contribution is 2.17. The van der Waals surface area contributed by atoms with Crippen molar-refractivity contribution < 1.29 is 14.3 Å². The third-order valence-electron chi connectivity index (χ3n) is 3.99. The van der Waals surface area contributed by atoms with Gasteiger partial charge in [0.1, 0.15) is 12.4 Å². The molecule has 1 aliphatic heterocycles. The molecule has 1 saturated heterocycles. The van der Waals surface area contributed by atoms with Crippen molar-refractivity contribution in [3.05, 3.63) is 60.2 Å². The summed E-state index contributed by atoms with van der Waals surface area (Å²) in [6, 6.07) is 17.2. The molecule has 1 unspecified atom stereocenters. The summed E-state index contributed by atoms with van der Waals surface area (Å²) < 4.78 is 5.69. The smallest absolute Gasteiger partial charge is 0.228 e. The first kappa shape index (κ1) is 16.1. The maximum atomic E-state index is 12.2. The predicted octanol–water partition coefficient (Wildman–Crippen LogP) is 2.73. The standard InChI is InChI=1S/C19H20N2O3/c22-18-12-15(10-11-20-18)19(23)21-16-8-6-14(7-9-16)13-24-17-4-2-1-3-5-17/h1-9,15H,10-13H2,(H,20,22)(H,21,23). The lowest BCUT2D eigenvalue weighted by atomic mass is 9.96. The van der Waals surface area contributed by atoms with Crippen molar-refractivity contribution in [2.75, 3.05) is 11.9 Å². The molecule has 1 heterocycles. The molecule has 124 valence electrons. The molecule has 1 atom stereocenters. The van der Waals surface area contributed by atoms with E-state index in [0.717, 1.165) is 17.0 Å². The number of ether oxygens (including phenoxy) is 1. The van der Waals surface area contributed by atoms with Gasteiger partial charge in [0.15, 0.2) is 0 Å². The van der Waals surface area contributed by atoms with Crippen LogP contribution in [0.4, 0.5) is 5.69 Å². The van der Waals surface area contributed by atoms with Crippen molar-refractivity contribution in [1.82, 2.24) is 5.32 Å². The van der Waals surface area contributed by atoms with Gasteiger partial charge in [-0.2, -0.15) is 0 Å². The van der Waals surface area contributed by atoms with Gasteiger partial charge in [-0.3, -0.25) is 9.59 Å². The third kappa shape index (κ3) is 4.35. The van der Waals surface area contributed by atoms with Crippen LogP contribution < -0.4 is 15.4 Å². The number of piperidine rings is 1. The lowest BCUT2D eigenvalue weighted by Crippen LogP contribution is -2.38. The Labute approximate surface area is 141 Å². The maximum absolute atomic E-state index is 12.2. The van der Waals surface area contributed by atoms with E-state index in [1.54, 1.807) is 0 Å². The number of hydrogen-bond donors (Lipinski definition) is 2. The number of para-hydroxylation sites is 1. The molecule has 5 heteroatoms. The first-order valence-electron chi connectivity index (χ1n) is 8.05. The summed E-state index contributed by atoms with van der Waals surface area (Å²) in [6.45, 7) is 1.04. The molecule has 0 aromatic heterocycles. The van der Waals surface area contributed by atoms with Crippen LogP contribution in [-0.2, 0) is 16.2 Å². The number of rotatable bonds is 5. The predicted molar refractivity (Wildman–Crippen MR) is 91.6 cm³/mol. The molecule has 2 amide bonds. The number of hydrogen-bond acceptors (Lipinski definition) is 3. The van der Waals surface area contributed by atoms with Crippen LogP contribution in [0.3, 0.4) is 0 Å². The lowest BCUT2D eigenvalue weighted by molar-refractivity contribution is -0.129. The summed E-state index contributed by atoms with van der Waals surface area (Å²) in [5.74, 6) is 0.415. The van der Waals surface area contributed by atoms with Crippen molar-refractivity contribution in [3.63, 3.8) is 0 Å². The second kappa shape index (κ2) is 7.64. The lowest BCUT2D eigenvalue weighted by Gasteiger charge is -2.21. The molecule has 0 aliphatic carbocycles. The molecule has 3 rings (SSSR count). The fourth-order valence-electron chi connectivity index (χ4n) is 2.62. The van der Waals surface area contributed by atoms with Crippen molar-refractivity contribution in [3.8, 4) is 5.75 Å². The van der Waals surface area contributed by atoms with Crippen molar-refractivity contribution >= 4 is 17.5 Å². The Hall–Kier alpha value is -2.82. The van der Waals surface area contributed by atoms with Gasteiger partial charge in [-0.25, -0.2) is 0 Å². The van der Waals surface area contributed by atoms with Crippen LogP contribution in [0.25, 0.3) is 0 Å². The zero-order valence-corrected chi connectivity index (χ0v) is 13.3. The van der Waals surface area contributed by atoms with E-state index in [1.165, 1.54) is 0 Å². The minimum atomic E-state index is -0.250. The highest BCUT2D eigenvalue weighted by molar-refractivity contribution is 5.95. The van der Waals surface area contributed by atoms with E-state index < -0.39 is 0 Å². The molecular weight excluding hydrogens is 304 g/mol. The summed E-state index contributed by atoms with van der Waals surface area (Å²) in [7, 11) is 0. The molecule has 2 N–H and O–H groups in total. The number of benzene rings is 2. The Morgan fingerprint density at radius 1 is 1.12 bits per heavy atom. The number of carbonyl (C=O) groups excluding carboxylic acids is 2. The molecule has 2 aromatic rings. The van der Waals surface area contributed by atoms with Crippen LogP contribution in [0, 0.1) is 5.92 Å². The van der Waals surface area contributed by atoms with Gasteiger partial charge in [-0.1, -0.05) is 30.3 Å². The first-order chi connectivity index (χ1) is 11.7. The van der Waals surface area contributed by atoms with E-state index in [1.807, 2.05) is 54.6 Å². The van der Waals surface area contributed by atoms with Crippen molar-refractivity contribution in [1.29, 1.82) is 0 Å². The Kier molecular flexibility index (Phi) is 5.11. The molecule has 2 aromatic carbocycles. The molecule has 0 bridgehead atoms. The summed E-state index contributed by atoms with van der Waals surface area (Å²) in [5.41, 5.74) is 1.75. The molecule has 1 aliphatic rings. The maximum Gasteiger partial charge on any atom is 0.228 e. The van der Waals surface area contributed by atoms with E-state index in [4.69, 9.17) is 4.74 Å². The molecule has 0 spiro atoms. The fraction of sp³-hybridized carbons (Fsp3) is 0.263. The molecular formula is C19H20N2O3. The Morgan fingerprint density at radius 3 is 2.58 bits per heavy atom. The van der Waals surface area contributed by atoms with Crippen molar-refractivity contribution in [2.45, 2.75) is 19.4 Å². The topological polar surface area (TPSA) is 67.4 Å². The summed E-state index contributed by atoms with van der Waals surface area (Å²) in [4.78, 5) is 23.6. The zero-order chi connectivity index (χ0) is 16.8. The largest absolute Gasteiger partial charge is 0.489 e. The number of anilines is 1. The average Bonchev–Trinajstić information content (AvgIpc) is 2.62. The van der Waals surface area contributed by atoms with Gasteiger partial charge in [0, 0.05) is 24.6 Å². The second-order valence-electron chi connectivity index (χ2n) is 5.83. The Bertz CT molecular complexity index is 698.